The molecule has 0 aliphatic rings. The highest BCUT2D eigenvalue weighted by atomic mass is 16.5. The van der Waals surface area contributed by atoms with E-state index in [9.17, 15) is 0 Å². The van der Waals surface area contributed by atoms with Gasteiger partial charge >= 0.3 is 0 Å². The molecule has 0 aliphatic carbocycles. The summed E-state index contributed by atoms with van der Waals surface area (Å²) in [5.41, 5.74) is 4.72. The highest BCUT2D eigenvalue weighted by Crippen LogP contribution is 2.35. The van der Waals surface area contributed by atoms with Crippen LogP contribution in [-0.4, -0.2) is 29.0 Å². The zero-order valence-electron chi connectivity index (χ0n) is 16.2. The van der Waals surface area contributed by atoms with Crippen LogP contribution in [-0.2, 0) is 0 Å². The van der Waals surface area contributed by atoms with Gasteiger partial charge in [0.1, 0.15) is 17.2 Å². The third-order valence-electron chi connectivity index (χ3n) is 5.06. The molecule has 5 nitrogen and oxygen atoms in total. The monoisotopic (exact) mass is 381 g/mol. The maximum atomic E-state index is 5.46. The van der Waals surface area contributed by atoms with E-state index in [2.05, 4.69) is 4.98 Å². The maximum absolute atomic E-state index is 5.46. The summed E-state index contributed by atoms with van der Waals surface area (Å²) in [6, 6.07) is 24.0. The molecule has 2 heterocycles. The van der Waals surface area contributed by atoms with E-state index in [1.54, 1.807) is 14.2 Å². The second kappa shape index (κ2) is 6.95. The van der Waals surface area contributed by atoms with Gasteiger partial charge in [-0.25, -0.2) is 4.68 Å². The van der Waals surface area contributed by atoms with Gasteiger partial charge in [-0.3, -0.25) is 4.98 Å². The minimum Gasteiger partial charge on any atom is -0.497 e. The van der Waals surface area contributed by atoms with Crippen molar-refractivity contribution in [3.05, 3.63) is 79.0 Å². The fourth-order valence-electron chi connectivity index (χ4n) is 3.63. The molecule has 0 N–H and O–H groups in total. The summed E-state index contributed by atoms with van der Waals surface area (Å²) in [6.07, 6.45) is 1.89. The van der Waals surface area contributed by atoms with Gasteiger partial charge in [0.15, 0.2) is 0 Å². The van der Waals surface area contributed by atoms with Crippen molar-refractivity contribution >= 4 is 21.8 Å². The topological polar surface area (TPSA) is 49.2 Å². The van der Waals surface area contributed by atoms with Crippen LogP contribution in [0.4, 0.5) is 0 Å². The Kier molecular flexibility index (Phi) is 4.13. The van der Waals surface area contributed by atoms with Crippen molar-refractivity contribution in [2.75, 3.05) is 14.2 Å². The number of aromatic nitrogens is 3. The van der Waals surface area contributed by atoms with E-state index >= 15 is 0 Å². The number of pyridine rings is 1. The lowest BCUT2D eigenvalue weighted by atomic mass is 10.1. The van der Waals surface area contributed by atoms with Crippen molar-refractivity contribution in [1.82, 2.24) is 14.8 Å². The maximum Gasteiger partial charge on any atom is 0.119 e. The van der Waals surface area contributed by atoms with Crippen LogP contribution >= 0.6 is 0 Å². The number of hydrogen-bond acceptors (Lipinski definition) is 4. The number of nitrogens with zero attached hydrogens (tertiary/aromatic N) is 3. The van der Waals surface area contributed by atoms with Crippen LogP contribution in [0.25, 0.3) is 38.8 Å². The van der Waals surface area contributed by atoms with Gasteiger partial charge in [-0.2, -0.15) is 5.10 Å². The third-order valence-corrected chi connectivity index (χ3v) is 5.06. The fraction of sp³-hybridized carbons (Fsp3) is 0.0833. The summed E-state index contributed by atoms with van der Waals surface area (Å²) in [7, 11) is 3.34. The van der Waals surface area contributed by atoms with Crippen LogP contribution in [0.1, 0.15) is 0 Å². The molecule has 0 atom stereocenters. The molecule has 2 aromatic heterocycles. The molecule has 5 aromatic rings. The minimum atomic E-state index is 0.788. The van der Waals surface area contributed by atoms with Crippen LogP contribution in [0.3, 0.4) is 0 Å². The zero-order valence-corrected chi connectivity index (χ0v) is 16.2. The van der Waals surface area contributed by atoms with E-state index in [4.69, 9.17) is 14.6 Å². The molecular formula is C24H19N3O2. The molecule has 0 radical (unpaired) electrons. The summed E-state index contributed by atoms with van der Waals surface area (Å²) in [5, 5.41) is 6.96. The fourth-order valence-corrected chi connectivity index (χ4v) is 3.63. The molecule has 0 fully saturated rings. The van der Waals surface area contributed by atoms with Crippen molar-refractivity contribution < 1.29 is 9.47 Å². The van der Waals surface area contributed by atoms with E-state index in [0.717, 1.165) is 50.2 Å². The van der Waals surface area contributed by atoms with Gasteiger partial charge < -0.3 is 9.47 Å². The summed E-state index contributed by atoms with van der Waals surface area (Å²) >= 11 is 0. The first kappa shape index (κ1) is 17.3. The van der Waals surface area contributed by atoms with Crippen LogP contribution in [0.15, 0.2) is 79.0 Å². The number of ether oxygens (including phenoxy) is 2. The van der Waals surface area contributed by atoms with Gasteiger partial charge in [0.25, 0.3) is 0 Å². The first-order chi connectivity index (χ1) is 14.3. The summed E-state index contributed by atoms with van der Waals surface area (Å²) < 4.78 is 12.9. The van der Waals surface area contributed by atoms with Crippen molar-refractivity contribution in [3.63, 3.8) is 0 Å². The van der Waals surface area contributed by atoms with Gasteiger partial charge in [-0.15, -0.1) is 0 Å². The number of para-hydroxylation sites is 1. The van der Waals surface area contributed by atoms with E-state index in [-0.39, 0.29) is 0 Å². The number of fused-ring (bicyclic) bond motifs is 3. The van der Waals surface area contributed by atoms with E-state index in [1.165, 1.54) is 0 Å². The zero-order chi connectivity index (χ0) is 19.8. The molecule has 3 aromatic carbocycles. The third kappa shape index (κ3) is 2.88. The van der Waals surface area contributed by atoms with E-state index in [0.29, 0.717) is 0 Å². The van der Waals surface area contributed by atoms with Crippen molar-refractivity contribution in [1.29, 1.82) is 0 Å². The average molecular weight is 381 g/mol. The SMILES string of the molecule is COc1cccc(-c2nn(-c3ccccc3)c3c2cnc2ccc(OC)cc23)c1. The lowest BCUT2D eigenvalue weighted by Gasteiger charge is -2.07. The predicted molar refractivity (Wildman–Crippen MR) is 115 cm³/mol. The molecule has 0 saturated carbocycles. The Hall–Kier alpha value is -3.86. The van der Waals surface area contributed by atoms with E-state index < -0.39 is 0 Å². The molecule has 0 aliphatic heterocycles. The molecular weight excluding hydrogens is 362 g/mol. The Labute approximate surface area is 168 Å². The molecule has 0 unspecified atom stereocenters. The Morgan fingerprint density at radius 2 is 1.55 bits per heavy atom. The number of methoxy groups -OCH3 is 2. The standard InChI is InChI=1S/C24H19N3O2/c1-28-18-10-6-7-16(13-18)23-21-15-25-22-12-11-19(29-2)14-20(22)24(21)27(26-23)17-8-4-3-5-9-17/h3-15H,1-2H3. The molecule has 29 heavy (non-hydrogen) atoms. The van der Waals surface area contributed by atoms with Gasteiger partial charge in [0.2, 0.25) is 0 Å². The van der Waals surface area contributed by atoms with Gasteiger partial charge in [0, 0.05) is 22.5 Å². The first-order valence-corrected chi connectivity index (χ1v) is 9.34. The van der Waals surface area contributed by atoms with Crippen LogP contribution < -0.4 is 9.47 Å². The Bertz CT molecular complexity index is 1330. The second-order valence-corrected chi connectivity index (χ2v) is 6.73. The Morgan fingerprint density at radius 3 is 2.34 bits per heavy atom. The quantitative estimate of drug-likeness (QED) is 0.426. The average Bonchev–Trinajstić information content (AvgIpc) is 3.19. The molecule has 0 amide bonds. The van der Waals surface area contributed by atoms with Gasteiger partial charge in [-0.1, -0.05) is 30.3 Å². The molecule has 5 rings (SSSR count). The van der Waals surface area contributed by atoms with E-state index in [1.807, 2.05) is 83.7 Å². The first-order valence-electron chi connectivity index (χ1n) is 9.34. The van der Waals surface area contributed by atoms with Crippen molar-refractivity contribution in [2.45, 2.75) is 0 Å². The Balaban J connectivity index is 1.89. The smallest absolute Gasteiger partial charge is 0.119 e. The van der Waals surface area contributed by atoms with Crippen molar-refractivity contribution in [3.8, 4) is 28.4 Å². The van der Waals surface area contributed by atoms with Gasteiger partial charge in [-0.05, 0) is 42.5 Å². The lowest BCUT2D eigenvalue weighted by molar-refractivity contribution is 0.415. The number of rotatable bonds is 4. The summed E-state index contributed by atoms with van der Waals surface area (Å²) in [4.78, 5) is 4.68. The highest BCUT2D eigenvalue weighted by molar-refractivity contribution is 6.09. The van der Waals surface area contributed by atoms with Crippen LogP contribution in [0.2, 0.25) is 0 Å². The molecule has 0 bridgehead atoms. The predicted octanol–water partition coefficient (Wildman–Crippen LogP) is 5.26. The molecule has 142 valence electrons. The minimum absolute atomic E-state index is 0.788. The normalized spacial score (nSPS) is 11.1. The molecule has 5 heteroatoms. The lowest BCUT2D eigenvalue weighted by Crippen LogP contribution is -1.97. The van der Waals surface area contributed by atoms with Crippen LogP contribution in [0, 0.1) is 0 Å². The molecule has 0 spiro atoms. The van der Waals surface area contributed by atoms with Gasteiger partial charge in [0.05, 0.1) is 30.9 Å². The highest BCUT2D eigenvalue weighted by Gasteiger charge is 2.17. The Morgan fingerprint density at radius 1 is 0.759 bits per heavy atom. The number of hydrogen-bond donors (Lipinski definition) is 0. The van der Waals surface area contributed by atoms with Crippen LogP contribution in [0.5, 0.6) is 11.5 Å². The largest absolute Gasteiger partial charge is 0.497 e. The summed E-state index contributed by atoms with van der Waals surface area (Å²) in [5.74, 6) is 1.58. The second-order valence-electron chi connectivity index (χ2n) is 6.73. The molecule has 0 saturated heterocycles. The summed E-state index contributed by atoms with van der Waals surface area (Å²) in [6.45, 7) is 0. The van der Waals surface area contributed by atoms with Crippen molar-refractivity contribution in [2.24, 2.45) is 0 Å². The number of benzene rings is 3.